The number of ether oxygens (including phenoxy) is 1. The lowest BCUT2D eigenvalue weighted by Gasteiger charge is -2.28. The minimum absolute atomic E-state index is 0.147. The van der Waals surface area contributed by atoms with Gasteiger partial charge in [-0.1, -0.05) is 11.6 Å². The number of anilines is 1. The number of hydrogen-bond donors (Lipinski definition) is 0. The number of aryl methyl sites for hydroxylation is 1. The van der Waals surface area contributed by atoms with E-state index in [0.717, 1.165) is 30.3 Å². The zero-order valence-corrected chi connectivity index (χ0v) is 12.5. The third-order valence-electron chi connectivity index (χ3n) is 3.50. The monoisotopic (exact) mass is 320 g/mol. The molecular weight excluding hydrogens is 307 g/mol. The van der Waals surface area contributed by atoms with E-state index < -0.39 is 5.82 Å². The summed E-state index contributed by atoms with van der Waals surface area (Å²) in [6.45, 7) is 0.484. The van der Waals surface area contributed by atoms with E-state index in [1.807, 2.05) is 12.1 Å². The molecule has 0 saturated heterocycles. The van der Waals surface area contributed by atoms with E-state index in [4.69, 9.17) is 16.3 Å². The number of rotatable bonds is 3. The van der Waals surface area contributed by atoms with Crippen molar-refractivity contribution >= 4 is 23.2 Å². The molecule has 0 unspecified atom stereocenters. The van der Waals surface area contributed by atoms with Crippen LogP contribution in [-0.4, -0.2) is 24.0 Å². The van der Waals surface area contributed by atoms with Crippen LogP contribution in [0.3, 0.4) is 0 Å². The highest BCUT2D eigenvalue weighted by molar-refractivity contribution is 6.32. The summed E-state index contributed by atoms with van der Waals surface area (Å²) in [5.41, 5.74) is 1.74. The third-order valence-corrected chi connectivity index (χ3v) is 3.79. The molecule has 0 spiro atoms. The van der Waals surface area contributed by atoms with Crippen molar-refractivity contribution in [3.63, 3.8) is 0 Å². The van der Waals surface area contributed by atoms with Gasteiger partial charge in [-0.2, -0.15) is 0 Å². The maximum atomic E-state index is 13.0. The quantitative estimate of drug-likeness (QED) is 0.872. The first-order valence-electron chi connectivity index (χ1n) is 6.97. The number of carbonyl (C=O) groups is 1. The Morgan fingerprint density at radius 3 is 3.09 bits per heavy atom. The second-order valence-corrected chi connectivity index (χ2v) is 5.39. The Labute approximate surface area is 132 Å². The van der Waals surface area contributed by atoms with Gasteiger partial charge in [-0.3, -0.25) is 9.78 Å². The number of benzene rings is 1. The van der Waals surface area contributed by atoms with E-state index in [0.29, 0.717) is 12.3 Å². The van der Waals surface area contributed by atoms with Crippen molar-refractivity contribution in [2.45, 2.75) is 12.8 Å². The Morgan fingerprint density at radius 2 is 2.27 bits per heavy atom. The van der Waals surface area contributed by atoms with Crippen molar-refractivity contribution in [2.75, 3.05) is 18.1 Å². The van der Waals surface area contributed by atoms with Crippen LogP contribution in [0, 0.1) is 5.82 Å². The highest BCUT2D eigenvalue weighted by atomic mass is 35.5. The largest absolute Gasteiger partial charge is 0.482 e. The number of carbonyl (C=O) groups excluding carboxylic acids is 1. The molecule has 0 N–H and O–H groups in total. The molecule has 0 aliphatic carbocycles. The summed E-state index contributed by atoms with van der Waals surface area (Å²) in [7, 11) is 0. The van der Waals surface area contributed by atoms with Crippen molar-refractivity contribution < 1.29 is 13.9 Å². The molecule has 22 heavy (non-hydrogen) atoms. The zero-order valence-electron chi connectivity index (χ0n) is 11.8. The molecule has 0 radical (unpaired) electrons. The van der Waals surface area contributed by atoms with Gasteiger partial charge in [0.15, 0.2) is 6.61 Å². The molecule has 0 fully saturated rings. The Hall–Kier alpha value is -2.14. The van der Waals surface area contributed by atoms with Gasteiger partial charge in [0, 0.05) is 12.7 Å². The summed E-state index contributed by atoms with van der Waals surface area (Å²) in [6, 6.07) is 7.50. The number of amides is 1. The molecular formula is C16H14ClFN2O2. The number of halogens is 2. The molecule has 0 saturated carbocycles. The summed E-state index contributed by atoms with van der Waals surface area (Å²) in [6.07, 6.45) is 3.46. The first kappa shape index (κ1) is 14.8. The van der Waals surface area contributed by atoms with E-state index in [1.54, 1.807) is 11.1 Å². The molecule has 2 heterocycles. The van der Waals surface area contributed by atoms with Crippen LogP contribution >= 0.6 is 11.6 Å². The van der Waals surface area contributed by atoms with Gasteiger partial charge in [-0.25, -0.2) is 4.39 Å². The van der Waals surface area contributed by atoms with E-state index in [9.17, 15) is 9.18 Å². The average molecular weight is 321 g/mol. The fraction of sp³-hybridized carbons (Fsp3) is 0.250. The predicted molar refractivity (Wildman–Crippen MR) is 81.8 cm³/mol. The van der Waals surface area contributed by atoms with Crippen LogP contribution in [0.2, 0.25) is 5.02 Å². The third kappa shape index (κ3) is 3.04. The maximum Gasteiger partial charge on any atom is 0.264 e. The van der Waals surface area contributed by atoms with Gasteiger partial charge in [0.1, 0.15) is 11.6 Å². The average Bonchev–Trinajstić information content (AvgIpc) is 2.53. The normalized spacial score (nSPS) is 13.6. The molecule has 114 valence electrons. The van der Waals surface area contributed by atoms with Gasteiger partial charge >= 0.3 is 0 Å². The number of pyridine rings is 1. The molecule has 3 rings (SSSR count). The van der Waals surface area contributed by atoms with E-state index >= 15 is 0 Å². The summed E-state index contributed by atoms with van der Waals surface area (Å²) >= 11 is 5.88. The van der Waals surface area contributed by atoms with E-state index in [-0.39, 0.29) is 17.5 Å². The van der Waals surface area contributed by atoms with E-state index in [1.165, 1.54) is 12.1 Å². The Balaban J connectivity index is 1.70. The van der Waals surface area contributed by atoms with Crippen molar-refractivity contribution in [1.82, 2.24) is 4.98 Å². The van der Waals surface area contributed by atoms with Crippen LogP contribution in [0.1, 0.15) is 12.1 Å². The lowest BCUT2D eigenvalue weighted by Crippen LogP contribution is -2.38. The predicted octanol–water partition coefficient (Wildman–Crippen LogP) is 3.23. The van der Waals surface area contributed by atoms with Gasteiger partial charge in [-0.05, 0) is 43.2 Å². The fourth-order valence-electron chi connectivity index (χ4n) is 2.46. The van der Waals surface area contributed by atoms with Gasteiger partial charge in [0.2, 0.25) is 0 Å². The summed E-state index contributed by atoms with van der Waals surface area (Å²) in [5, 5.41) is 0.147. The summed E-state index contributed by atoms with van der Waals surface area (Å²) in [5.74, 6) is -0.325. The van der Waals surface area contributed by atoms with Crippen LogP contribution in [0.4, 0.5) is 10.1 Å². The highest BCUT2D eigenvalue weighted by Crippen LogP contribution is 2.27. The van der Waals surface area contributed by atoms with Crippen LogP contribution in [0.25, 0.3) is 0 Å². The van der Waals surface area contributed by atoms with Crippen LogP contribution in [-0.2, 0) is 11.2 Å². The molecule has 2 aromatic rings. The Morgan fingerprint density at radius 1 is 1.41 bits per heavy atom. The summed E-state index contributed by atoms with van der Waals surface area (Å²) in [4.78, 5) is 18.3. The zero-order chi connectivity index (χ0) is 15.5. The first-order valence-corrected chi connectivity index (χ1v) is 7.35. The molecule has 1 aliphatic rings. The number of nitrogens with zero attached hydrogens (tertiary/aromatic N) is 2. The van der Waals surface area contributed by atoms with Gasteiger partial charge in [0.25, 0.3) is 5.91 Å². The Bertz CT molecular complexity index is 708. The lowest BCUT2D eigenvalue weighted by molar-refractivity contribution is -0.120. The minimum Gasteiger partial charge on any atom is -0.482 e. The van der Waals surface area contributed by atoms with Crippen LogP contribution in [0.15, 0.2) is 36.5 Å². The molecule has 1 aromatic heterocycles. The fourth-order valence-corrected chi connectivity index (χ4v) is 2.68. The van der Waals surface area contributed by atoms with Crippen molar-refractivity contribution in [1.29, 1.82) is 0 Å². The van der Waals surface area contributed by atoms with Gasteiger partial charge in [0.05, 0.1) is 16.4 Å². The number of aromatic nitrogens is 1. The van der Waals surface area contributed by atoms with Crippen molar-refractivity contribution in [3.05, 3.63) is 53.1 Å². The highest BCUT2D eigenvalue weighted by Gasteiger charge is 2.23. The van der Waals surface area contributed by atoms with Gasteiger partial charge in [-0.15, -0.1) is 0 Å². The molecule has 0 bridgehead atoms. The van der Waals surface area contributed by atoms with E-state index in [2.05, 4.69) is 4.98 Å². The standard InChI is InChI=1S/C16H14ClFN2O2/c17-12-9-11(18)5-6-15(12)22-10-16(21)20-8-2-3-13-14(20)4-1-7-19-13/h1,4-7,9H,2-3,8,10H2. The first-order chi connectivity index (χ1) is 10.6. The SMILES string of the molecule is O=C(COc1ccc(F)cc1Cl)N1CCCc2ncccc21. The maximum absolute atomic E-state index is 13.0. The number of hydrogen-bond acceptors (Lipinski definition) is 3. The second-order valence-electron chi connectivity index (χ2n) is 4.98. The molecule has 1 aromatic carbocycles. The minimum atomic E-state index is -0.445. The van der Waals surface area contributed by atoms with Crippen molar-refractivity contribution in [2.24, 2.45) is 0 Å². The topological polar surface area (TPSA) is 42.4 Å². The molecule has 1 amide bonds. The second kappa shape index (κ2) is 6.32. The molecule has 4 nitrogen and oxygen atoms in total. The molecule has 1 aliphatic heterocycles. The lowest BCUT2D eigenvalue weighted by atomic mass is 10.1. The summed E-state index contributed by atoms with van der Waals surface area (Å²) < 4.78 is 18.4. The molecule has 6 heteroatoms. The molecule has 0 atom stereocenters. The van der Waals surface area contributed by atoms with Gasteiger partial charge < -0.3 is 9.64 Å². The Kier molecular flexibility index (Phi) is 4.24. The smallest absolute Gasteiger partial charge is 0.264 e. The number of fused-ring (bicyclic) bond motifs is 1. The van der Waals surface area contributed by atoms with Crippen LogP contribution in [0.5, 0.6) is 5.75 Å². The van der Waals surface area contributed by atoms with Crippen molar-refractivity contribution in [3.8, 4) is 5.75 Å². The van der Waals surface area contributed by atoms with Crippen LogP contribution < -0.4 is 9.64 Å².